The third-order valence-electron chi connectivity index (χ3n) is 5.23. The van der Waals surface area contributed by atoms with Gasteiger partial charge in [0.15, 0.2) is 0 Å². The molecule has 114 valence electrons. The van der Waals surface area contributed by atoms with Crippen molar-refractivity contribution in [1.29, 1.82) is 0 Å². The summed E-state index contributed by atoms with van der Waals surface area (Å²) < 4.78 is 0. The van der Waals surface area contributed by atoms with E-state index in [0.29, 0.717) is 0 Å². The van der Waals surface area contributed by atoms with Gasteiger partial charge in [0, 0.05) is 0 Å². The summed E-state index contributed by atoms with van der Waals surface area (Å²) in [6.45, 7) is 4.39. The molecule has 0 unspecified atom stereocenters. The highest BCUT2D eigenvalue weighted by Gasteiger charge is 2.06. The number of benzene rings is 5. The van der Waals surface area contributed by atoms with Gasteiger partial charge in [0.1, 0.15) is 0 Å². The Morgan fingerprint density at radius 3 is 1.25 bits per heavy atom. The summed E-state index contributed by atoms with van der Waals surface area (Å²) in [6.07, 6.45) is 0. The van der Waals surface area contributed by atoms with Crippen molar-refractivity contribution in [3.63, 3.8) is 0 Å². The summed E-state index contributed by atoms with van der Waals surface area (Å²) in [5.74, 6) is 0. The first-order chi connectivity index (χ1) is 11.7. The molecule has 5 aromatic carbocycles. The minimum absolute atomic E-state index is 1.30. The van der Waals surface area contributed by atoms with Crippen LogP contribution in [0.3, 0.4) is 0 Å². The van der Waals surface area contributed by atoms with E-state index in [-0.39, 0.29) is 0 Å². The zero-order valence-electron chi connectivity index (χ0n) is 13.9. The second-order valence-corrected chi connectivity index (χ2v) is 6.84. The van der Waals surface area contributed by atoms with Gasteiger partial charge in [-0.3, -0.25) is 0 Å². The molecular formula is C24H18. The summed E-state index contributed by atoms with van der Waals surface area (Å²) in [5, 5.41) is 10.6. The minimum Gasteiger partial charge on any atom is -0.0616 e. The van der Waals surface area contributed by atoms with Gasteiger partial charge in [-0.25, -0.2) is 0 Å². The fraction of sp³-hybridized carbons (Fsp3) is 0.0833. The molecule has 0 amide bonds. The SMILES string of the molecule is Cc1ccc(C)c2cc3cc4cc5ccccc5cc4cc3cc12. The monoisotopic (exact) mass is 306 g/mol. The lowest BCUT2D eigenvalue weighted by Gasteiger charge is -2.10. The van der Waals surface area contributed by atoms with E-state index in [1.165, 1.54) is 54.2 Å². The summed E-state index contributed by atoms with van der Waals surface area (Å²) >= 11 is 0. The van der Waals surface area contributed by atoms with Gasteiger partial charge in [0.2, 0.25) is 0 Å². The fourth-order valence-electron chi connectivity index (χ4n) is 3.83. The van der Waals surface area contributed by atoms with Crippen LogP contribution in [0.15, 0.2) is 72.8 Å². The highest BCUT2D eigenvalue weighted by atomic mass is 14.1. The molecule has 0 N–H and O–H groups in total. The van der Waals surface area contributed by atoms with E-state index in [9.17, 15) is 0 Å². The molecule has 0 aliphatic heterocycles. The van der Waals surface area contributed by atoms with Gasteiger partial charge in [0.25, 0.3) is 0 Å². The van der Waals surface area contributed by atoms with Gasteiger partial charge in [-0.05, 0) is 104 Å². The van der Waals surface area contributed by atoms with Crippen LogP contribution < -0.4 is 0 Å². The first kappa shape index (κ1) is 13.6. The third kappa shape index (κ3) is 1.93. The van der Waals surface area contributed by atoms with Crippen LogP contribution in [-0.2, 0) is 0 Å². The zero-order valence-corrected chi connectivity index (χ0v) is 13.9. The highest BCUT2D eigenvalue weighted by Crippen LogP contribution is 2.32. The van der Waals surface area contributed by atoms with E-state index in [4.69, 9.17) is 0 Å². The quantitative estimate of drug-likeness (QED) is 0.272. The molecule has 5 aromatic rings. The lowest BCUT2D eigenvalue weighted by atomic mass is 9.94. The Bertz CT molecular complexity index is 1160. The molecule has 5 rings (SSSR count). The molecule has 0 aliphatic carbocycles. The molecule has 0 spiro atoms. The summed E-state index contributed by atoms with van der Waals surface area (Å²) in [5.41, 5.74) is 2.69. The lowest BCUT2D eigenvalue weighted by Crippen LogP contribution is -1.85. The minimum atomic E-state index is 1.30. The maximum Gasteiger partial charge on any atom is -0.0146 e. The van der Waals surface area contributed by atoms with E-state index in [1.807, 2.05) is 0 Å². The Balaban J connectivity index is 1.93. The molecule has 0 heteroatoms. The van der Waals surface area contributed by atoms with E-state index in [2.05, 4.69) is 86.6 Å². The topological polar surface area (TPSA) is 0 Å². The molecule has 0 aromatic heterocycles. The van der Waals surface area contributed by atoms with Crippen LogP contribution in [-0.4, -0.2) is 0 Å². The van der Waals surface area contributed by atoms with Crippen molar-refractivity contribution in [1.82, 2.24) is 0 Å². The fourth-order valence-corrected chi connectivity index (χ4v) is 3.83. The van der Waals surface area contributed by atoms with Gasteiger partial charge < -0.3 is 0 Å². The van der Waals surface area contributed by atoms with Gasteiger partial charge in [-0.15, -0.1) is 0 Å². The Labute approximate surface area is 141 Å². The van der Waals surface area contributed by atoms with Crippen molar-refractivity contribution >= 4 is 43.1 Å². The molecule has 0 atom stereocenters. The van der Waals surface area contributed by atoms with E-state index in [1.54, 1.807) is 0 Å². The average molecular weight is 306 g/mol. The molecule has 0 heterocycles. The maximum absolute atomic E-state index is 2.35. The third-order valence-corrected chi connectivity index (χ3v) is 5.23. The van der Waals surface area contributed by atoms with Gasteiger partial charge in [0.05, 0.1) is 0 Å². The van der Waals surface area contributed by atoms with E-state index in [0.717, 1.165) is 0 Å². The van der Waals surface area contributed by atoms with E-state index < -0.39 is 0 Å². The Hall–Kier alpha value is -2.86. The Morgan fingerprint density at radius 1 is 0.417 bits per heavy atom. The van der Waals surface area contributed by atoms with E-state index >= 15 is 0 Å². The predicted molar refractivity (Wildman–Crippen MR) is 106 cm³/mol. The molecule has 0 saturated carbocycles. The second kappa shape index (κ2) is 4.82. The number of hydrogen-bond donors (Lipinski definition) is 0. The smallest absolute Gasteiger partial charge is 0.0146 e. The van der Waals surface area contributed by atoms with Crippen LogP contribution in [0.2, 0.25) is 0 Å². The predicted octanol–water partition coefficient (Wildman–Crippen LogP) is 6.92. The molecule has 0 nitrogen and oxygen atoms in total. The number of aryl methyl sites for hydroxylation is 2. The van der Waals surface area contributed by atoms with Crippen LogP contribution in [0.25, 0.3) is 43.1 Å². The Morgan fingerprint density at radius 2 is 0.792 bits per heavy atom. The van der Waals surface area contributed by atoms with Crippen molar-refractivity contribution in [2.75, 3.05) is 0 Å². The van der Waals surface area contributed by atoms with Gasteiger partial charge in [-0.1, -0.05) is 36.4 Å². The highest BCUT2D eigenvalue weighted by molar-refractivity contribution is 6.08. The summed E-state index contributed by atoms with van der Waals surface area (Å²) in [7, 11) is 0. The number of rotatable bonds is 0. The molecular weight excluding hydrogens is 288 g/mol. The first-order valence-electron chi connectivity index (χ1n) is 8.45. The van der Waals surface area contributed by atoms with Crippen LogP contribution in [0.4, 0.5) is 0 Å². The molecule has 0 bridgehead atoms. The standard InChI is InChI=1S/C24H18/c1-15-7-8-16(2)24-14-22-12-20-10-18-6-4-3-5-17(18)9-19(20)11-21(22)13-23(15)24/h3-14H,1-2H3. The molecule has 0 aliphatic rings. The number of hydrogen-bond acceptors (Lipinski definition) is 0. The number of fused-ring (bicyclic) bond motifs is 4. The van der Waals surface area contributed by atoms with Gasteiger partial charge in [-0.2, -0.15) is 0 Å². The summed E-state index contributed by atoms with van der Waals surface area (Å²) in [6, 6.07) is 27.0. The maximum atomic E-state index is 2.35. The molecule has 24 heavy (non-hydrogen) atoms. The first-order valence-corrected chi connectivity index (χ1v) is 8.45. The van der Waals surface area contributed by atoms with Crippen molar-refractivity contribution in [2.24, 2.45) is 0 Å². The van der Waals surface area contributed by atoms with Crippen molar-refractivity contribution in [3.05, 3.63) is 83.9 Å². The zero-order chi connectivity index (χ0) is 16.3. The lowest BCUT2D eigenvalue weighted by molar-refractivity contribution is 1.47. The van der Waals surface area contributed by atoms with Crippen molar-refractivity contribution in [3.8, 4) is 0 Å². The average Bonchev–Trinajstić information content (AvgIpc) is 2.60. The van der Waals surface area contributed by atoms with Crippen LogP contribution in [0.5, 0.6) is 0 Å². The van der Waals surface area contributed by atoms with Crippen molar-refractivity contribution in [2.45, 2.75) is 13.8 Å². The van der Waals surface area contributed by atoms with Crippen LogP contribution in [0, 0.1) is 13.8 Å². The van der Waals surface area contributed by atoms with Crippen LogP contribution >= 0.6 is 0 Å². The summed E-state index contributed by atoms with van der Waals surface area (Å²) in [4.78, 5) is 0. The Kier molecular flexibility index (Phi) is 2.72. The van der Waals surface area contributed by atoms with Crippen LogP contribution in [0.1, 0.15) is 11.1 Å². The molecule has 0 saturated heterocycles. The van der Waals surface area contributed by atoms with Gasteiger partial charge >= 0.3 is 0 Å². The second-order valence-electron chi connectivity index (χ2n) is 6.84. The largest absolute Gasteiger partial charge is 0.0616 e. The normalized spacial score (nSPS) is 11.8. The molecule has 0 fully saturated rings. The van der Waals surface area contributed by atoms with Crippen molar-refractivity contribution < 1.29 is 0 Å². The molecule has 0 radical (unpaired) electrons.